The molecule has 6 heteroatoms. The van der Waals surface area contributed by atoms with Crippen LogP contribution >= 0.6 is 11.3 Å². The summed E-state index contributed by atoms with van der Waals surface area (Å²) in [5.41, 5.74) is 5.27. The van der Waals surface area contributed by atoms with E-state index in [-0.39, 0.29) is 11.9 Å². The molecule has 0 spiro atoms. The Balaban J connectivity index is 1.73. The van der Waals surface area contributed by atoms with E-state index in [0.29, 0.717) is 5.56 Å². The molecule has 5 nitrogen and oxygen atoms in total. The second kappa shape index (κ2) is 6.27. The number of carbonyl (C=O) groups is 1. The predicted octanol–water partition coefficient (Wildman–Crippen LogP) is 4.60. The third-order valence-electron chi connectivity index (χ3n) is 5.40. The maximum absolute atomic E-state index is 13.8. The summed E-state index contributed by atoms with van der Waals surface area (Å²) < 4.78 is 1.76. The number of benzene rings is 1. The van der Waals surface area contributed by atoms with Crippen LogP contribution in [-0.4, -0.2) is 26.7 Å². The number of thiophene rings is 1. The number of nitrogens with zero attached hydrogens (tertiary/aromatic N) is 4. The maximum atomic E-state index is 13.8. The number of aromatic nitrogens is 3. The summed E-state index contributed by atoms with van der Waals surface area (Å²) in [5.74, 6) is 0.0127. The number of aryl methyl sites for hydroxylation is 2. The van der Waals surface area contributed by atoms with Crippen molar-refractivity contribution in [3.63, 3.8) is 0 Å². The van der Waals surface area contributed by atoms with Crippen LogP contribution in [0.5, 0.6) is 0 Å². The molecular weight excluding hydrogens is 368 g/mol. The normalized spacial score (nSPS) is 16.0. The van der Waals surface area contributed by atoms with Gasteiger partial charge in [0.2, 0.25) is 0 Å². The molecule has 0 bridgehead atoms. The molecule has 0 N–H and O–H groups in total. The van der Waals surface area contributed by atoms with Crippen molar-refractivity contribution in [3.05, 3.63) is 64.7 Å². The van der Waals surface area contributed by atoms with Crippen molar-refractivity contribution in [3.8, 4) is 10.6 Å². The lowest BCUT2D eigenvalue weighted by atomic mass is 10.1. The minimum absolute atomic E-state index is 0.0127. The lowest BCUT2D eigenvalue weighted by Crippen LogP contribution is -2.36. The number of anilines is 1. The van der Waals surface area contributed by atoms with Crippen LogP contribution in [0.25, 0.3) is 21.6 Å². The zero-order chi connectivity index (χ0) is 19.4. The zero-order valence-electron chi connectivity index (χ0n) is 16.0. The number of para-hydroxylation sites is 1. The SMILES string of the molecule is Cc1nn(C)c2nc(-c3cccs3)cc(C(=O)N3c4ccccc4C[C@H]3C)c12. The fraction of sp³-hybridized carbons (Fsp3) is 0.227. The van der Waals surface area contributed by atoms with Crippen molar-refractivity contribution in [1.29, 1.82) is 0 Å². The second-order valence-corrected chi connectivity index (χ2v) is 8.24. The third-order valence-corrected chi connectivity index (χ3v) is 6.29. The monoisotopic (exact) mass is 388 g/mol. The summed E-state index contributed by atoms with van der Waals surface area (Å²) in [6.45, 7) is 4.04. The largest absolute Gasteiger partial charge is 0.305 e. The smallest absolute Gasteiger partial charge is 0.259 e. The van der Waals surface area contributed by atoms with Gasteiger partial charge in [-0.2, -0.15) is 5.10 Å². The summed E-state index contributed by atoms with van der Waals surface area (Å²) in [6.07, 6.45) is 0.875. The lowest BCUT2D eigenvalue weighted by molar-refractivity contribution is 0.0983. The maximum Gasteiger partial charge on any atom is 0.259 e. The molecule has 1 atom stereocenters. The van der Waals surface area contributed by atoms with Gasteiger partial charge in [-0.3, -0.25) is 9.48 Å². The molecule has 4 heterocycles. The van der Waals surface area contributed by atoms with Gasteiger partial charge < -0.3 is 4.90 Å². The highest BCUT2D eigenvalue weighted by molar-refractivity contribution is 7.13. The number of hydrogen-bond donors (Lipinski definition) is 0. The van der Waals surface area contributed by atoms with Crippen LogP contribution in [0, 0.1) is 6.92 Å². The Bertz CT molecular complexity index is 1210. The number of hydrogen-bond acceptors (Lipinski definition) is 4. The topological polar surface area (TPSA) is 51.0 Å². The molecule has 0 aliphatic carbocycles. The van der Waals surface area contributed by atoms with Gasteiger partial charge >= 0.3 is 0 Å². The lowest BCUT2D eigenvalue weighted by Gasteiger charge is -2.23. The Hall–Kier alpha value is -2.99. The van der Waals surface area contributed by atoms with E-state index in [4.69, 9.17) is 4.98 Å². The quantitative estimate of drug-likeness (QED) is 0.504. The van der Waals surface area contributed by atoms with Gasteiger partial charge in [0, 0.05) is 18.8 Å². The summed E-state index contributed by atoms with van der Waals surface area (Å²) >= 11 is 1.62. The van der Waals surface area contributed by atoms with Gasteiger partial charge in [-0.05, 0) is 49.4 Å². The molecule has 140 valence electrons. The van der Waals surface area contributed by atoms with Gasteiger partial charge in [0.25, 0.3) is 5.91 Å². The van der Waals surface area contributed by atoms with Crippen LogP contribution in [-0.2, 0) is 13.5 Å². The third kappa shape index (κ3) is 2.48. The van der Waals surface area contributed by atoms with Crippen LogP contribution in [0.4, 0.5) is 5.69 Å². The van der Waals surface area contributed by atoms with E-state index in [0.717, 1.165) is 39.4 Å². The molecule has 1 amide bonds. The van der Waals surface area contributed by atoms with Gasteiger partial charge in [0.05, 0.1) is 27.2 Å². The Labute approximate surface area is 167 Å². The first-order valence-corrected chi connectivity index (χ1v) is 10.2. The fourth-order valence-corrected chi connectivity index (χ4v) is 4.85. The molecule has 0 unspecified atom stereocenters. The fourth-order valence-electron chi connectivity index (χ4n) is 4.17. The summed E-state index contributed by atoms with van der Waals surface area (Å²) in [4.78, 5) is 21.6. The first-order valence-electron chi connectivity index (χ1n) is 9.34. The van der Waals surface area contributed by atoms with E-state index in [1.807, 2.05) is 60.6 Å². The summed E-state index contributed by atoms with van der Waals surface area (Å²) in [5, 5.41) is 7.39. The van der Waals surface area contributed by atoms with Crippen LogP contribution in [0.15, 0.2) is 47.8 Å². The number of pyridine rings is 1. The summed E-state index contributed by atoms with van der Waals surface area (Å²) in [7, 11) is 1.88. The van der Waals surface area contributed by atoms with Crippen molar-refractivity contribution in [1.82, 2.24) is 14.8 Å². The standard InChI is InChI=1S/C22H20N4OS/c1-13-11-15-7-4-5-8-18(15)26(13)22(27)16-12-17(19-9-6-10-28-19)23-21-20(16)14(2)24-25(21)3/h4-10,12-13H,11H2,1-3H3/t13-/m1/s1. The molecule has 1 aliphatic heterocycles. The van der Waals surface area contributed by atoms with Crippen molar-refractivity contribution < 1.29 is 4.79 Å². The van der Waals surface area contributed by atoms with Crippen molar-refractivity contribution in [2.75, 3.05) is 4.90 Å². The average Bonchev–Trinajstić information content (AvgIpc) is 3.39. The van der Waals surface area contributed by atoms with E-state index in [2.05, 4.69) is 18.1 Å². The molecule has 1 aromatic carbocycles. The predicted molar refractivity (Wildman–Crippen MR) is 113 cm³/mol. The van der Waals surface area contributed by atoms with Crippen molar-refractivity contribution in [2.45, 2.75) is 26.3 Å². The summed E-state index contributed by atoms with van der Waals surface area (Å²) in [6, 6.07) is 14.2. The zero-order valence-corrected chi connectivity index (χ0v) is 16.8. The Morgan fingerprint density at radius 3 is 2.82 bits per heavy atom. The Morgan fingerprint density at radius 1 is 1.21 bits per heavy atom. The second-order valence-electron chi connectivity index (χ2n) is 7.30. The van der Waals surface area contributed by atoms with Crippen LogP contribution in [0.2, 0.25) is 0 Å². The van der Waals surface area contributed by atoms with Gasteiger partial charge in [-0.25, -0.2) is 4.98 Å². The van der Waals surface area contributed by atoms with Crippen molar-refractivity contribution >= 4 is 34.0 Å². The minimum Gasteiger partial charge on any atom is -0.305 e. The number of fused-ring (bicyclic) bond motifs is 2. The Morgan fingerprint density at radius 2 is 2.04 bits per heavy atom. The molecule has 0 fully saturated rings. The molecule has 0 radical (unpaired) electrons. The Kier molecular flexibility index (Phi) is 3.84. The minimum atomic E-state index is 0.0127. The van der Waals surface area contributed by atoms with E-state index in [1.54, 1.807) is 16.0 Å². The first-order chi connectivity index (χ1) is 13.5. The average molecular weight is 388 g/mol. The highest BCUT2D eigenvalue weighted by Crippen LogP contribution is 2.36. The molecule has 5 rings (SSSR count). The van der Waals surface area contributed by atoms with E-state index < -0.39 is 0 Å². The highest BCUT2D eigenvalue weighted by atomic mass is 32.1. The molecule has 3 aromatic heterocycles. The van der Waals surface area contributed by atoms with Gasteiger partial charge in [0.1, 0.15) is 0 Å². The van der Waals surface area contributed by atoms with Crippen LogP contribution in [0.3, 0.4) is 0 Å². The van der Waals surface area contributed by atoms with E-state index >= 15 is 0 Å². The van der Waals surface area contributed by atoms with Crippen molar-refractivity contribution in [2.24, 2.45) is 7.05 Å². The molecule has 28 heavy (non-hydrogen) atoms. The number of rotatable bonds is 2. The van der Waals surface area contributed by atoms with Crippen LogP contribution in [0.1, 0.15) is 28.5 Å². The first kappa shape index (κ1) is 17.1. The molecular formula is C22H20N4OS. The van der Waals surface area contributed by atoms with Crippen LogP contribution < -0.4 is 4.90 Å². The molecule has 0 saturated heterocycles. The van der Waals surface area contributed by atoms with E-state index in [1.165, 1.54) is 5.56 Å². The molecule has 1 aliphatic rings. The van der Waals surface area contributed by atoms with Gasteiger partial charge in [0.15, 0.2) is 5.65 Å². The number of amides is 1. The van der Waals surface area contributed by atoms with Gasteiger partial charge in [-0.1, -0.05) is 24.3 Å². The van der Waals surface area contributed by atoms with Gasteiger partial charge in [-0.15, -0.1) is 11.3 Å². The number of carbonyl (C=O) groups excluding carboxylic acids is 1. The van der Waals surface area contributed by atoms with E-state index in [9.17, 15) is 4.79 Å². The highest BCUT2D eigenvalue weighted by Gasteiger charge is 2.33. The molecule has 4 aromatic rings. The molecule has 0 saturated carbocycles.